The van der Waals surface area contributed by atoms with Gasteiger partial charge in [0.05, 0.1) is 0 Å². The summed E-state index contributed by atoms with van der Waals surface area (Å²) in [4.78, 5) is 0. The molecule has 6 rings (SSSR count). The van der Waals surface area contributed by atoms with Crippen LogP contribution in [0.2, 0.25) is 0 Å². The Balaban J connectivity index is 1.56. The van der Waals surface area contributed by atoms with Crippen LogP contribution in [0, 0.1) is 17.8 Å². The highest BCUT2D eigenvalue weighted by atomic mass is 16.3. The topological polar surface area (TPSA) is 66.5 Å². The largest absolute Gasteiger partial charge is 0.504 e. The number of hydrogen-bond donors (Lipinski definition) is 3. The Kier molecular flexibility index (Phi) is 5.08. The van der Waals surface area contributed by atoms with E-state index in [0.29, 0.717) is 0 Å². The second kappa shape index (κ2) is 8.42. The molecule has 0 radical (unpaired) electrons. The smallest absolute Gasteiger partial charge is 0.157 e. The molecule has 0 aromatic heterocycles. The van der Waals surface area contributed by atoms with Gasteiger partial charge in [-0.2, -0.15) is 0 Å². The van der Waals surface area contributed by atoms with Crippen LogP contribution in [0.3, 0.4) is 0 Å². The molecular formula is C32H25NO2. The highest BCUT2D eigenvalue weighted by molar-refractivity contribution is 5.86. The average Bonchev–Trinajstić information content (AvgIpc) is 3.38. The quantitative estimate of drug-likeness (QED) is 0.185. The minimum atomic E-state index is -0.0816. The Hall–Kier alpha value is -4.42. The fourth-order valence-electron chi connectivity index (χ4n) is 5.73. The molecule has 4 N–H and O–H groups in total. The van der Waals surface area contributed by atoms with Crippen molar-refractivity contribution in [1.82, 2.24) is 0 Å². The number of anilines is 1. The van der Waals surface area contributed by atoms with E-state index in [0.717, 1.165) is 39.9 Å². The van der Waals surface area contributed by atoms with Crippen LogP contribution in [-0.4, -0.2) is 10.2 Å². The fourth-order valence-corrected chi connectivity index (χ4v) is 5.73. The standard InChI is InChI=1S/C32H25NO2/c33-24-15-12-20(13-16-24)11-14-23-17-26-25-18-28(34)29(35)19-27(25)31(23)32(26)30(21-7-3-1-4-8-21)22-9-5-2-6-10-22/h1-10,12-13,15-16,18-19,23,26,31,34-35H,17,33H2. The molecule has 0 heterocycles. The van der Waals surface area contributed by atoms with E-state index in [1.165, 1.54) is 11.1 Å². The van der Waals surface area contributed by atoms with E-state index in [9.17, 15) is 10.2 Å². The number of rotatable bonds is 2. The Morgan fingerprint density at radius 1 is 0.743 bits per heavy atom. The summed E-state index contributed by atoms with van der Waals surface area (Å²) in [6.07, 6.45) is 0.877. The van der Waals surface area contributed by atoms with Crippen LogP contribution >= 0.6 is 0 Å². The van der Waals surface area contributed by atoms with Gasteiger partial charge in [0.2, 0.25) is 0 Å². The Bertz CT molecular complexity index is 1450. The van der Waals surface area contributed by atoms with Crippen molar-refractivity contribution in [3.8, 4) is 23.3 Å². The zero-order valence-electron chi connectivity index (χ0n) is 19.1. The third kappa shape index (κ3) is 3.64. The molecule has 3 atom stereocenters. The summed E-state index contributed by atoms with van der Waals surface area (Å²) >= 11 is 0. The molecule has 3 unspecified atom stereocenters. The van der Waals surface area contributed by atoms with Gasteiger partial charge in [-0.1, -0.05) is 72.5 Å². The predicted molar refractivity (Wildman–Crippen MR) is 140 cm³/mol. The van der Waals surface area contributed by atoms with Crippen LogP contribution in [0.15, 0.2) is 103 Å². The molecule has 0 aliphatic heterocycles. The lowest BCUT2D eigenvalue weighted by molar-refractivity contribution is 0.401. The lowest BCUT2D eigenvalue weighted by atomic mass is 9.82. The summed E-state index contributed by atoms with van der Waals surface area (Å²) in [6, 6.07) is 32.1. The van der Waals surface area contributed by atoms with E-state index in [4.69, 9.17) is 5.73 Å². The maximum Gasteiger partial charge on any atom is 0.157 e. The van der Waals surface area contributed by atoms with Crippen molar-refractivity contribution >= 4 is 11.3 Å². The molecule has 1 fully saturated rings. The third-order valence-corrected chi connectivity index (χ3v) is 7.22. The van der Waals surface area contributed by atoms with Gasteiger partial charge >= 0.3 is 0 Å². The van der Waals surface area contributed by atoms with Crippen LogP contribution in [0.4, 0.5) is 5.69 Å². The second-order valence-corrected chi connectivity index (χ2v) is 9.30. The highest BCUT2D eigenvalue weighted by Gasteiger charge is 2.49. The molecule has 3 nitrogen and oxygen atoms in total. The van der Waals surface area contributed by atoms with Crippen LogP contribution in [0.25, 0.3) is 5.57 Å². The number of phenolic OH excluding ortho intramolecular Hbond substituents is 2. The van der Waals surface area contributed by atoms with Gasteiger partial charge in [-0.3, -0.25) is 0 Å². The maximum absolute atomic E-state index is 10.4. The number of aromatic hydroxyl groups is 2. The molecule has 3 heteroatoms. The lowest BCUT2D eigenvalue weighted by Crippen LogP contribution is -2.09. The zero-order valence-corrected chi connectivity index (χ0v) is 19.1. The molecular weight excluding hydrogens is 430 g/mol. The number of nitrogen functional groups attached to an aromatic ring is 1. The number of allylic oxidation sites excluding steroid dienone is 1. The first-order valence-electron chi connectivity index (χ1n) is 11.9. The average molecular weight is 456 g/mol. The van der Waals surface area contributed by atoms with Gasteiger partial charge in [0, 0.05) is 29.0 Å². The van der Waals surface area contributed by atoms with Crippen molar-refractivity contribution in [1.29, 1.82) is 0 Å². The number of fused-ring (bicyclic) bond motifs is 5. The van der Waals surface area contributed by atoms with Crippen LogP contribution in [0.5, 0.6) is 11.5 Å². The van der Waals surface area contributed by atoms with Gasteiger partial charge in [-0.25, -0.2) is 0 Å². The SMILES string of the molecule is Nc1ccc(C#CC2CC3C(=C(c4ccccc4)c4ccccc4)C2c2cc(O)c(O)cc23)cc1. The van der Waals surface area contributed by atoms with Crippen molar-refractivity contribution in [2.75, 3.05) is 5.73 Å². The number of hydrogen-bond acceptors (Lipinski definition) is 3. The molecule has 4 aromatic rings. The molecule has 0 saturated heterocycles. The van der Waals surface area contributed by atoms with E-state index < -0.39 is 0 Å². The summed E-state index contributed by atoms with van der Waals surface area (Å²) in [7, 11) is 0. The monoisotopic (exact) mass is 455 g/mol. The molecule has 2 aliphatic carbocycles. The van der Waals surface area contributed by atoms with E-state index in [-0.39, 0.29) is 29.3 Å². The molecule has 1 saturated carbocycles. The first-order valence-corrected chi connectivity index (χ1v) is 11.9. The van der Waals surface area contributed by atoms with Gasteiger partial charge in [-0.05, 0) is 76.2 Å². The molecule has 35 heavy (non-hydrogen) atoms. The normalized spacial score (nSPS) is 19.7. The number of phenols is 2. The molecule has 0 amide bonds. The molecule has 2 bridgehead atoms. The van der Waals surface area contributed by atoms with Crippen LogP contribution in [-0.2, 0) is 0 Å². The fraction of sp³-hybridized carbons (Fsp3) is 0.125. The van der Waals surface area contributed by atoms with Crippen LogP contribution in [0.1, 0.15) is 46.1 Å². The van der Waals surface area contributed by atoms with Crippen molar-refractivity contribution < 1.29 is 10.2 Å². The van der Waals surface area contributed by atoms with E-state index in [1.807, 2.05) is 36.4 Å². The Labute approximate surface area is 205 Å². The molecule has 170 valence electrons. The van der Waals surface area contributed by atoms with Gasteiger partial charge in [0.1, 0.15) is 0 Å². The highest BCUT2D eigenvalue weighted by Crippen LogP contribution is 2.63. The van der Waals surface area contributed by atoms with Gasteiger partial charge in [0.25, 0.3) is 0 Å². The second-order valence-electron chi connectivity index (χ2n) is 9.30. The van der Waals surface area contributed by atoms with Crippen molar-refractivity contribution in [3.05, 3.63) is 130 Å². The molecule has 4 aromatic carbocycles. The summed E-state index contributed by atoms with van der Waals surface area (Å²) in [5.41, 5.74) is 14.5. The first-order chi connectivity index (χ1) is 17.1. The molecule has 2 aliphatic rings. The summed E-state index contributed by atoms with van der Waals surface area (Å²) in [5.74, 6) is 7.02. The zero-order chi connectivity index (χ0) is 23.9. The Morgan fingerprint density at radius 3 is 1.91 bits per heavy atom. The van der Waals surface area contributed by atoms with Gasteiger partial charge in [0.15, 0.2) is 11.5 Å². The maximum atomic E-state index is 10.4. The van der Waals surface area contributed by atoms with Crippen molar-refractivity contribution in [3.63, 3.8) is 0 Å². The van der Waals surface area contributed by atoms with Crippen molar-refractivity contribution in [2.24, 2.45) is 5.92 Å². The predicted octanol–water partition coefficient (Wildman–Crippen LogP) is 6.43. The number of benzene rings is 4. The van der Waals surface area contributed by atoms with E-state index >= 15 is 0 Å². The molecule has 0 spiro atoms. The summed E-state index contributed by atoms with van der Waals surface area (Å²) in [6.45, 7) is 0. The summed E-state index contributed by atoms with van der Waals surface area (Å²) < 4.78 is 0. The lowest BCUT2D eigenvalue weighted by Gasteiger charge is -2.20. The minimum Gasteiger partial charge on any atom is -0.504 e. The first kappa shape index (κ1) is 21.1. The van der Waals surface area contributed by atoms with E-state index in [1.54, 1.807) is 12.1 Å². The van der Waals surface area contributed by atoms with Crippen LogP contribution < -0.4 is 5.73 Å². The van der Waals surface area contributed by atoms with E-state index in [2.05, 4.69) is 60.4 Å². The Morgan fingerprint density at radius 2 is 1.31 bits per heavy atom. The minimum absolute atomic E-state index is 0.0400. The number of nitrogens with two attached hydrogens (primary N) is 1. The van der Waals surface area contributed by atoms with Gasteiger partial charge in [-0.15, -0.1) is 0 Å². The van der Waals surface area contributed by atoms with Crippen molar-refractivity contribution in [2.45, 2.75) is 18.3 Å². The third-order valence-electron chi connectivity index (χ3n) is 7.22. The summed E-state index contributed by atoms with van der Waals surface area (Å²) in [5, 5.41) is 20.7. The van der Waals surface area contributed by atoms with Gasteiger partial charge < -0.3 is 15.9 Å².